The molecule has 1 aromatic rings. The molecular formula is C17H14INO3. The van der Waals surface area contributed by atoms with Crippen LogP contribution in [0.3, 0.4) is 0 Å². The summed E-state index contributed by atoms with van der Waals surface area (Å²) in [5.41, 5.74) is 5.31. The van der Waals surface area contributed by atoms with Crippen molar-refractivity contribution in [3.8, 4) is 0 Å². The van der Waals surface area contributed by atoms with Crippen LogP contribution < -0.4 is 5.32 Å². The molecule has 0 aromatic heterocycles. The van der Waals surface area contributed by atoms with Gasteiger partial charge in [-0.25, -0.2) is 4.79 Å². The number of aryl methyl sites for hydroxylation is 1. The number of carbonyl (C=O) groups excluding carboxylic acids is 2. The van der Waals surface area contributed by atoms with Gasteiger partial charge in [-0.3, -0.25) is 4.79 Å². The largest absolute Gasteiger partial charge is 0.456 e. The second-order valence-electron chi connectivity index (χ2n) is 5.85. The van der Waals surface area contributed by atoms with E-state index in [1.807, 2.05) is 19.1 Å². The van der Waals surface area contributed by atoms with Crippen molar-refractivity contribution in [1.82, 2.24) is 5.32 Å². The fourth-order valence-corrected chi connectivity index (χ4v) is 3.94. The summed E-state index contributed by atoms with van der Waals surface area (Å²) in [5.74, 6) is -0.464. The van der Waals surface area contributed by atoms with Gasteiger partial charge < -0.3 is 10.1 Å². The molecule has 2 heterocycles. The van der Waals surface area contributed by atoms with Crippen molar-refractivity contribution in [2.24, 2.45) is 0 Å². The van der Waals surface area contributed by atoms with Gasteiger partial charge in [-0.1, -0.05) is 12.1 Å². The number of hydrogen-bond acceptors (Lipinski definition) is 4. The van der Waals surface area contributed by atoms with Crippen molar-refractivity contribution >= 4 is 34.3 Å². The predicted molar refractivity (Wildman–Crippen MR) is 89.0 cm³/mol. The monoisotopic (exact) mass is 407 g/mol. The van der Waals surface area contributed by atoms with Crippen molar-refractivity contribution in [3.63, 3.8) is 0 Å². The van der Waals surface area contributed by atoms with Gasteiger partial charge in [0.15, 0.2) is 5.78 Å². The topological polar surface area (TPSA) is 55.4 Å². The van der Waals surface area contributed by atoms with E-state index in [0.29, 0.717) is 12.0 Å². The molecule has 4 rings (SSSR count). The maximum atomic E-state index is 12.4. The lowest BCUT2D eigenvalue weighted by atomic mass is 9.80. The van der Waals surface area contributed by atoms with Crippen molar-refractivity contribution in [2.45, 2.75) is 25.7 Å². The quantitative estimate of drug-likeness (QED) is 0.575. The Bertz CT molecular complexity index is 751. The third-order valence-electron chi connectivity index (χ3n) is 4.53. The third-order valence-corrected chi connectivity index (χ3v) is 5.69. The van der Waals surface area contributed by atoms with Gasteiger partial charge in [-0.05, 0) is 53.1 Å². The molecule has 1 aromatic carbocycles. The minimum absolute atomic E-state index is 0.134. The Kier molecular flexibility index (Phi) is 3.14. The van der Waals surface area contributed by atoms with Gasteiger partial charge in [-0.15, -0.1) is 0 Å². The first kappa shape index (κ1) is 14.0. The highest BCUT2D eigenvalue weighted by Gasteiger charge is 2.43. The van der Waals surface area contributed by atoms with E-state index in [-0.39, 0.29) is 24.3 Å². The van der Waals surface area contributed by atoms with Gasteiger partial charge in [0, 0.05) is 27.2 Å². The lowest BCUT2D eigenvalue weighted by molar-refractivity contribution is -0.136. The fourth-order valence-electron chi connectivity index (χ4n) is 3.40. The maximum Gasteiger partial charge on any atom is 0.337 e. The van der Waals surface area contributed by atoms with Crippen molar-refractivity contribution in [1.29, 1.82) is 0 Å². The highest BCUT2D eigenvalue weighted by molar-refractivity contribution is 14.1. The van der Waals surface area contributed by atoms with E-state index in [1.54, 1.807) is 0 Å². The first-order chi connectivity index (χ1) is 10.6. The van der Waals surface area contributed by atoms with Crippen LogP contribution in [0.5, 0.6) is 0 Å². The molecule has 2 aliphatic heterocycles. The molecule has 0 bridgehead atoms. The van der Waals surface area contributed by atoms with Crippen LogP contribution in [-0.2, 0) is 14.3 Å². The summed E-state index contributed by atoms with van der Waals surface area (Å²) in [7, 11) is 0. The first-order valence-corrected chi connectivity index (χ1v) is 8.33. The second kappa shape index (κ2) is 4.94. The molecular weight excluding hydrogens is 393 g/mol. The number of ether oxygens (including phenoxy) is 1. The summed E-state index contributed by atoms with van der Waals surface area (Å²) >= 11 is 2.29. The molecule has 0 amide bonds. The standard InChI is InChI=1S/C17H14INO3/c1-8-2-3-9(6-10(8)18)14-15-11(4-5-13(15)20)19-12-7-22-17(21)16(12)14/h2-3,6,14,19H,4-5,7H2,1H3. The van der Waals surface area contributed by atoms with Gasteiger partial charge in [0.2, 0.25) is 0 Å². The third kappa shape index (κ3) is 1.95. The van der Waals surface area contributed by atoms with E-state index < -0.39 is 0 Å². The molecule has 3 aliphatic rings. The number of ketones is 1. The molecule has 1 atom stereocenters. The van der Waals surface area contributed by atoms with Crippen molar-refractivity contribution in [2.75, 3.05) is 6.61 Å². The van der Waals surface area contributed by atoms with Gasteiger partial charge in [-0.2, -0.15) is 0 Å². The van der Waals surface area contributed by atoms with Crippen LogP contribution in [0, 0.1) is 10.5 Å². The highest BCUT2D eigenvalue weighted by atomic mass is 127. The van der Waals surface area contributed by atoms with E-state index in [2.05, 4.69) is 34.0 Å². The maximum absolute atomic E-state index is 12.4. The minimum Gasteiger partial charge on any atom is -0.456 e. The molecule has 0 saturated carbocycles. The number of hydrogen-bond donors (Lipinski definition) is 1. The number of benzene rings is 1. The summed E-state index contributed by atoms with van der Waals surface area (Å²) in [6.45, 7) is 2.33. The molecule has 0 fully saturated rings. The lowest BCUT2D eigenvalue weighted by Crippen LogP contribution is -2.26. The van der Waals surface area contributed by atoms with Crippen LogP contribution in [0.25, 0.3) is 0 Å². The molecule has 0 saturated heterocycles. The number of carbonyl (C=O) groups is 2. The normalized spacial score (nSPS) is 23.5. The Morgan fingerprint density at radius 2 is 2.00 bits per heavy atom. The zero-order valence-electron chi connectivity index (χ0n) is 12.0. The number of allylic oxidation sites excluding steroid dienone is 2. The summed E-state index contributed by atoms with van der Waals surface area (Å²) in [6.07, 6.45) is 1.24. The molecule has 5 heteroatoms. The van der Waals surface area contributed by atoms with Crippen LogP contribution in [-0.4, -0.2) is 18.4 Å². The Morgan fingerprint density at radius 1 is 1.18 bits per heavy atom. The molecule has 1 aliphatic carbocycles. The smallest absolute Gasteiger partial charge is 0.337 e. The Hall–Kier alpha value is -1.63. The van der Waals surface area contributed by atoms with Crippen LogP contribution in [0.2, 0.25) is 0 Å². The van der Waals surface area contributed by atoms with Gasteiger partial charge in [0.25, 0.3) is 0 Å². The molecule has 0 spiro atoms. The highest BCUT2D eigenvalue weighted by Crippen LogP contribution is 2.45. The first-order valence-electron chi connectivity index (χ1n) is 7.25. The van der Waals surface area contributed by atoms with Crippen LogP contribution >= 0.6 is 22.6 Å². The van der Waals surface area contributed by atoms with Crippen molar-refractivity contribution < 1.29 is 14.3 Å². The number of cyclic esters (lactones) is 1. The molecule has 1 unspecified atom stereocenters. The lowest BCUT2D eigenvalue weighted by Gasteiger charge is -2.26. The van der Waals surface area contributed by atoms with Crippen molar-refractivity contribution in [3.05, 3.63) is 55.4 Å². The molecule has 1 N–H and O–H groups in total. The van der Waals surface area contributed by atoms with E-state index >= 15 is 0 Å². The van der Waals surface area contributed by atoms with Crippen LogP contribution in [0.4, 0.5) is 0 Å². The summed E-state index contributed by atoms with van der Waals surface area (Å²) in [6, 6.07) is 6.12. The number of esters is 1. The van der Waals surface area contributed by atoms with Gasteiger partial charge in [0.05, 0.1) is 11.3 Å². The summed E-state index contributed by atoms with van der Waals surface area (Å²) in [4.78, 5) is 24.5. The second-order valence-corrected chi connectivity index (χ2v) is 7.01. The van der Waals surface area contributed by atoms with Gasteiger partial charge in [0.1, 0.15) is 6.61 Å². The Morgan fingerprint density at radius 3 is 2.77 bits per heavy atom. The number of nitrogens with one attached hydrogen (secondary N) is 1. The molecule has 22 heavy (non-hydrogen) atoms. The Balaban J connectivity index is 1.91. The zero-order chi connectivity index (χ0) is 15.4. The number of Topliss-reactive ketones (excluding diaryl/α,β-unsaturated/α-hetero) is 1. The van der Waals surface area contributed by atoms with E-state index in [4.69, 9.17) is 4.74 Å². The van der Waals surface area contributed by atoms with Gasteiger partial charge >= 0.3 is 5.97 Å². The SMILES string of the molecule is Cc1ccc(C2C3=C(CCC3=O)NC3=C2C(=O)OC3)cc1I. The summed E-state index contributed by atoms with van der Waals surface area (Å²) < 4.78 is 6.32. The fraction of sp³-hybridized carbons (Fsp3) is 0.294. The zero-order valence-corrected chi connectivity index (χ0v) is 14.2. The van der Waals surface area contributed by atoms with E-state index in [0.717, 1.165) is 32.5 Å². The number of halogens is 1. The number of rotatable bonds is 1. The summed E-state index contributed by atoms with van der Waals surface area (Å²) in [5, 5.41) is 3.25. The Labute approximate surface area is 141 Å². The predicted octanol–water partition coefficient (Wildman–Crippen LogP) is 2.71. The van der Waals surface area contributed by atoms with Crippen LogP contribution in [0.15, 0.2) is 40.7 Å². The van der Waals surface area contributed by atoms with Crippen LogP contribution in [0.1, 0.15) is 29.9 Å². The average Bonchev–Trinajstić information content (AvgIpc) is 3.05. The molecule has 0 radical (unpaired) electrons. The minimum atomic E-state index is -0.311. The number of dihydropyridines is 1. The van der Waals surface area contributed by atoms with E-state index in [1.165, 1.54) is 5.56 Å². The molecule has 4 nitrogen and oxygen atoms in total. The average molecular weight is 407 g/mol. The van der Waals surface area contributed by atoms with E-state index in [9.17, 15) is 9.59 Å². The molecule has 112 valence electrons.